The van der Waals surface area contributed by atoms with E-state index in [0.29, 0.717) is 0 Å². The second-order valence-corrected chi connectivity index (χ2v) is 16.7. The molecule has 0 nitrogen and oxygen atoms in total. The molecule has 0 bridgehead atoms. The van der Waals surface area contributed by atoms with E-state index in [-0.39, 0.29) is 26.2 Å². The fourth-order valence-electron chi connectivity index (χ4n) is 7.21. The molecule has 0 aliphatic rings. The standard InChI is InChI=1S/C40H42Si.Zr/c1-7-11-33-25-31-13-9-15-35(29-21-17-27(3)18-22-29)37(31)39(33)41(5,6)40-34(12-8-2)26-32-14-10-16-36(38(32)40)30-23-19-28(4)20-24-30;/h9-10,13-26H,7-8,11-12H2,1-6H3;/q-2;+2. The second kappa shape index (κ2) is 12.4. The van der Waals surface area contributed by atoms with E-state index in [9.17, 15) is 0 Å². The average molecular weight is 642 g/mol. The maximum atomic E-state index is 2.63. The third-order valence-electron chi connectivity index (χ3n) is 9.01. The summed E-state index contributed by atoms with van der Waals surface area (Å²) in [6, 6.07) is 37.2. The smallest absolute Gasteiger partial charge is 0.158 e. The van der Waals surface area contributed by atoms with E-state index < -0.39 is 8.07 Å². The van der Waals surface area contributed by atoms with Gasteiger partial charge in [-0.05, 0) is 37.8 Å². The summed E-state index contributed by atoms with van der Waals surface area (Å²) in [5.74, 6) is 0. The minimum absolute atomic E-state index is 0. The van der Waals surface area contributed by atoms with Crippen LogP contribution in [-0.2, 0) is 39.0 Å². The van der Waals surface area contributed by atoms with Crippen LogP contribution in [-0.4, -0.2) is 8.07 Å². The van der Waals surface area contributed by atoms with Crippen molar-refractivity contribution >= 4 is 40.0 Å². The molecule has 0 saturated carbocycles. The van der Waals surface area contributed by atoms with Crippen LogP contribution in [0.1, 0.15) is 48.9 Å². The van der Waals surface area contributed by atoms with Crippen molar-refractivity contribution in [1.29, 1.82) is 0 Å². The Hall–Kier alpha value is -2.80. The summed E-state index contributed by atoms with van der Waals surface area (Å²) in [6.45, 7) is 14.3. The van der Waals surface area contributed by atoms with Crippen LogP contribution in [0, 0.1) is 13.8 Å². The van der Waals surface area contributed by atoms with Gasteiger partial charge in [0.1, 0.15) is 0 Å². The summed E-state index contributed by atoms with van der Waals surface area (Å²) >= 11 is 0. The van der Waals surface area contributed by atoms with Crippen LogP contribution >= 0.6 is 0 Å². The van der Waals surface area contributed by atoms with Crippen LogP contribution < -0.4 is 10.4 Å². The molecule has 0 spiro atoms. The Kier molecular flexibility index (Phi) is 9.08. The molecule has 0 radical (unpaired) electrons. The minimum Gasteiger partial charge on any atom is -0.158 e. The molecule has 0 aliphatic heterocycles. The van der Waals surface area contributed by atoms with E-state index in [1.54, 1.807) is 21.5 Å². The number of aryl methyl sites for hydroxylation is 4. The Morgan fingerprint density at radius 1 is 0.548 bits per heavy atom. The molecule has 42 heavy (non-hydrogen) atoms. The van der Waals surface area contributed by atoms with Crippen LogP contribution in [0.25, 0.3) is 43.8 Å². The molecule has 2 heteroatoms. The molecule has 0 fully saturated rings. The molecule has 0 saturated heterocycles. The maximum absolute atomic E-state index is 2.63. The minimum atomic E-state index is -2.19. The van der Waals surface area contributed by atoms with E-state index in [0.717, 1.165) is 25.7 Å². The molecule has 0 aromatic heterocycles. The average Bonchev–Trinajstić information content (AvgIpc) is 3.53. The Morgan fingerprint density at radius 3 is 1.29 bits per heavy atom. The van der Waals surface area contributed by atoms with Gasteiger partial charge in [-0.1, -0.05) is 123 Å². The predicted octanol–water partition coefficient (Wildman–Crippen LogP) is 10.1. The van der Waals surface area contributed by atoms with Gasteiger partial charge >= 0.3 is 26.2 Å². The van der Waals surface area contributed by atoms with Gasteiger partial charge in [0.15, 0.2) is 0 Å². The topological polar surface area (TPSA) is 0 Å². The first kappa shape index (κ1) is 30.7. The molecular weight excluding hydrogens is 600 g/mol. The summed E-state index contributed by atoms with van der Waals surface area (Å²) in [4.78, 5) is 0. The number of hydrogen-bond donors (Lipinski definition) is 0. The van der Waals surface area contributed by atoms with Gasteiger partial charge in [0.05, 0.1) is 0 Å². The predicted molar refractivity (Wildman–Crippen MR) is 184 cm³/mol. The number of hydrogen-bond acceptors (Lipinski definition) is 0. The van der Waals surface area contributed by atoms with E-state index in [1.807, 2.05) is 0 Å². The molecule has 0 amide bonds. The first-order valence-electron chi connectivity index (χ1n) is 15.4. The Balaban J connectivity index is 0.00000353. The van der Waals surface area contributed by atoms with Crippen molar-refractivity contribution in [1.82, 2.24) is 0 Å². The zero-order valence-corrected chi connectivity index (χ0v) is 29.5. The molecule has 210 valence electrons. The summed E-state index contributed by atoms with van der Waals surface area (Å²) in [6.07, 6.45) is 4.57. The molecule has 6 rings (SSSR count). The quantitative estimate of drug-likeness (QED) is 0.115. The maximum Gasteiger partial charge on any atom is 2.00 e. The van der Waals surface area contributed by atoms with Crippen molar-refractivity contribution in [3.63, 3.8) is 0 Å². The van der Waals surface area contributed by atoms with E-state index in [2.05, 4.69) is 138 Å². The zero-order valence-electron chi connectivity index (χ0n) is 26.1. The molecule has 0 unspecified atom stereocenters. The molecule has 6 aromatic carbocycles. The summed E-state index contributed by atoms with van der Waals surface area (Å²) in [5.41, 5.74) is 11.1. The van der Waals surface area contributed by atoms with Gasteiger partial charge in [0, 0.05) is 8.07 Å². The van der Waals surface area contributed by atoms with Gasteiger partial charge in [0.25, 0.3) is 0 Å². The third-order valence-corrected chi connectivity index (χ3v) is 12.7. The van der Waals surface area contributed by atoms with Gasteiger partial charge in [-0.25, -0.2) is 0 Å². The van der Waals surface area contributed by atoms with Crippen LogP contribution in [0.5, 0.6) is 0 Å². The van der Waals surface area contributed by atoms with Gasteiger partial charge in [-0.2, -0.15) is 10.4 Å². The summed E-state index contributed by atoms with van der Waals surface area (Å²) in [7, 11) is -2.19. The largest absolute Gasteiger partial charge is 2.00 e. The Morgan fingerprint density at radius 2 is 0.929 bits per heavy atom. The SMILES string of the molecule is CCCc1[cH-]c2cccc(-c3ccc(C)cc3)c2c1[Si](C)(C)c1c(CCC)[cH-]c2cccc(-c3ccc(C)cc3)c12.[Zr+2]. The van der Waals surface area contributed by atoms with Crippen molar-refractivity contribution in [2.75, 3.05) is 0 Å². The Bertz CT molecular complexity index is 1690. The van der Waals surface area contributed by atoms with Gasteiger partial charge in [-0.3, -0.25) is 0 Å². The van der Waals surface area contributed by atoms with Crippen LogP contribution in [0.15, 0.2) is 97.1 Å². The van der Waals surface area contributed by atoms with Crippen molar-refractivity contribution in [3.05, 3.63) is 119 Å². The molecular formula is C40H42SiZr. The van der Waals surface area contributed by atoms with E-state index in [1.165, 1.54) is 54.9 Å². The fourth-order valence-corrected chi connectivity index (χ4v) is 11.3. The molecule has 6 aromatic rings. The third kappa shape index (κ3) is 5.38. The normalized spacial score (nSPS) is 11.8. The second-order valence-electron chi connectivity index (χ2n) is 12.5. The zero-order chi connectivity index (χ0) is 28.7. The van der Waals surface area contributed by atoms with Crippen molar-refractivity contribution in [3.8, 4) is 22.3 Å². The fraction of sp³-hybridized carbons (Fsp3) is 0.250. The number of rotatable bonds is 8. The van der Waals surface area contributed by atoms with Crippen LogP contribution in [0.3, 0.4) is 0 Å². The van der Waals surface area contributed by atoms with E-state index >= 15 is 0 Å². The van der Waals surface area contributed by atoms with Crippen molar-refractivity contribution < 1.29 is 26.2 Å². The number of fused-ring (bicyclic) bond motifs is 2. The monoisotopic (exact) mass is 640 g/mol. The van der Waals surface area contributed by atoms with Crippen molar-refractivity contribution in [2.45, 2.75) is 66.5 Å². The Labute approximate surface area is 272 Å². The summed E-state index contributed by atoms with van der Waals surface area (Å²) < 4.78 is 0. The first-order valence-corrected chi connectivity index (χ1v) is 18.4. The summed E-state index contributed by atoms with van der Waals surface area (Å²) in [5, 5.41) is 9.06. The van der Waals surface area contributed by atoms with Crippen molar-refractivity contribution in [2.24, 2.45) is 0 Å². The van der Waals surface area contributed by atoms with E-state index in [4.69, 9.17) is 0 Å². The van der Waals surface area contributed by atoms with Gasteiger partial charge in [0.2, 0.25) is 0 Å². The molecule has 0 aliphatic carbocycles. The van der Waals surface area contributed by atoms with Crippen LogP contribution in [0.2, 0.25) is 13.1 Å². The van der Waals surface area contributed by atoms with Gasteiger partial charge in [-0.15, -0.1) is 69.1 Å². The van der Waals surface area contributed by atoms with Gasteiger partial charge < -0.3 is 0 Å². The van der Waals surface area contributed by atoms with Crippen LogP contribution in [0.4, 0.5) is 0 Å². The molecule has 0 heterocycles. The first-order chi connectivity index (χ1) is 19.8. The number of benzene rings is 4. The molecule has 0 atom stereocenters. The molecule has 0 N–H and O–H groups in total.